The molecule has 0 saturated heterocycles. The van der Waals surface area contributed by atoms with E-state index in [-0.39, 0.29) is 17.1 Å². The molecule has 2 aromatic carbocycles. The summed E-state index contributed by atoms with van der Waals surface area (Å²) in [6, 6.07) is 15.3. The van der Waals surface area contributed by atoms with E-state index in [0.717, 1.165) is 57.4 Å². The molecule has 2 aromatic heterocycles. The molecule has 1 amide bonds. The smallest absolute Gasteiger partial charge is 0.238 e. The number of H-pyrrole nitrogens is 1. The highest BCUT2D eigenvalue weighted by Crippen LogP contribution is 2.57. The van der Waals surface area contributed by atoms with Gasteiger partial charge in [0.15, 0.2) is 11.1 Å². The monoisotopic (exact) mass is 477 g/mol. The zero-order valence-electron chi connectivity index (χ0n) is 17.5. The SMILES string of the molecule is O=C1N(Cc2[nH]c3cc(Cl)ccc3c2-c2ccc(CS(=O)O)cc2)c2cnccc2C12CC2. The van der Waals surface area contributed by atoms with Gasteiger partial charge in [0.1, 0.15) is 0 Å². The van der Waals surface area contributed by atoms with Crippen LogP contribution in [-0.2, 0) is 33.6 Å². The lowest BCUT2D eigenvalue weighted by molar-refractivity contribution is -0.120. The molecule has 2 N–H and O–H groups in total. The Hall–Kier alpha value is -3.00. The number of aromatic nitrogens is 2. The average Bonchev–Trinajstić information content (AvgIpc) is 3.48. The van der Waals surface area contributed by atoms with E-state index in [0.29, 0.717) is 11.6 Å². The third-order valence-corrected chi connectivity index (χ3v) is 7.51. The summed E-state index contributed by atoms with van der Waals surface area (Å²) in [5.41, 5.74) is 6.12. The maximum Gasteiger partial charge on any atom is 0.238 e. The number of nitrogens with zero attached hydrogens (tertiary/aromatic N) is 2. The Morgan fingerprint density at radius 1 is 1.15 bits per heavy atom. The maximum absolute atomic E-state index is 13.4. The molecule has 6 nitrogen and oxygen atoms in total. The molecule has 1 atom stereocenters. The van der Waals surface area contributed by atoms with Crippen LogP contribution in [0, 0.1) is 0 Å². The fourth-order valence-corrected chi connectivity index (χ4v) is 5.65. The first-order valence-electron chi connectivity index (χ1n) is 10.7. The number of rotatable bonds is 5. The van der Waals surface area contributed by atoms with Gasteiger partial charge in [0.2, 0.25) is 5.91 Å². The van der Waals surface area contributed by atoms with Gasteiger partial charge < -0.3 is 14.4 Å². The number of carbonyl (C=O) groups is 1. The molecule has 1 aliphatic carbocycles. The number of amides is 1. The minimum Gasteiger partial charge on any atom is -0.356 e. The van der Waals surface area contributed by atoms with Gasteiger partial charge >= 0.3 is 0 Å². The highest BCUT2D eigenvalue weighted by Gasteiger charge is 2.59. The Morgan fingerprint density at radius 3 is 2.67 bits per heavy atom. The van der Waals surface area contributed by atoms with Crippen molar-refractivity contribution in [3.8, 4) is 11.1 Å². The van der Waals surface area contributed by atoms with Crippen molar-refractivity contribution < 1.29 is 13.6 Å². The van der Waals surface area contributed by atoms with Crippen LogP contribution in [0.1, 0.15) is 29.7 Å². The van der Waals surface area contributed by atoms with Crippen molar-refractivity contribution in [2.24, 2.45) is 0 Å². The zero-order chi connectivity index (χ0) is 22.7. The number of fused-ring (bicyclic) bond motifs is 3. The highest BCUT2D eigenvalue weighted by molar-refractivity contribution is 7.78. The van der Waals surface area contributed by atoms with Crippen LogP contribution in [0.5, 0.6) is 0 Å². The van der Waals surface area contributed by atoms with Crippen LogP contribution in [0.25, 0.3) is 22.0 Å². The summed E-state index contributed by atoms with van der Waals surface area (Å²) in [5.74, 6) is 0.221. The fourth-order valence-electron chi connectivity index (χ4n) is 5.00. The number of benzene rings is 2. The van der Waals surface area contributed by atoms with Crippen LogP contribution < -0.4 is 4.90 Å². The first kappa shape index (κ1) is 20.6. The molecule has 33 heavy (non-hydrogen) atoms. The summed E-state index contributed by atoms with van der Waals surface area (Å²) >= 11 is 4.37. The van der Waals surface area contributed by atoms with Crippen molar-refractivity contribution in [3.05, 3.63) is 82.8 Å². The van der Waals surface area contributed by atoms with Gasteiger partial charge in [0.25, 0.3) is 0 Å². The Bertz CT molecular complexity index is 1440. The summed E-state index contributed by atoms with van der Waals surface area (Å²) in [6.07, 6.45) is 5.29. The average molecular weight is 478 g/mol. The lowest BCUT2D eigenvalue weighted by Gasteiger charge is -2.18. The predicted octanol–water partition coefficient (Wildman–Crippen LogP) is 5.18. The Balaban J connectivity index is 1.46. The van der Waals surface area contributed by atoms with E-state index in [4.69, 9.17) is 11.6 Å². The molecular weight excluding hydrogens is 458 g/mol. The topological polar surface area (TPSA) is 86.3 Å². The molecular formula is C25H20ClN3O3S. The predicted molar refractivity (Wildman–Crippen MR) is 130 cm³/mol. The first-order chi connectivity index (χ1) is 16.0. The molecule has 4 aromatic rings. The van der Waals surface area contributed by atoms with E-state index in [1.54, 1.807) is 12.4 Å². The van der Waals surface area contributed by atoms with Gasteiger partial charge in [-0.15, -0.1) is 0 Å². The molecule has 2 aliphatic rings. The van der Waals surface area contributed by atoms with E-state index < -0.39 is 11.1 Å². The number of halogens is 1. The lowest BCUT2D eigenvalue weighted by atomic mass is 9.99. The van der Waals surface area contributed by atoms with Gasteiger partial charge in [-0.2, -0.15) is 0 Å². The number of aromatic amines is 1. The van der Waals surface area contributed by atoms with E-state index in [2.05, 4.69) is 9.97 Å². The van der Waals surface area contributed by atoms with E-state index in [1.165, 1.54) is 0 Å². The van der Waals surface area contributed by atoms with Gasteiger partial charge in [-0.05, 0) is 47.7 Å². The van der Waals surface area contributed by atoms with Crippen LogP contribution in [0.4, 0.5) is 5.69 Å². The lowest BCUT2D eigenvalue weighted by Crippen LogP contribution is -2.31. The first-order valence-corrected chi connectivity index (χ1v) is 12.3. The molecule has 3 heterocycles. The van der Waals surface area contributed by atoms with E-state index in [9.17, 15) is 13.6 Å². The molecule has 6 rings (SSSR count). The molecule has 1 fully saturated rings. The summed E-state index contributed by atoms with van der Waals surface area (Å²) in [5, 5.41) is 1.64. The maximum atomic E-state index is 13.4. The number of anilines is 1. The van der Waals surface area contributed by atoms with Crippen molar-refractivity contribution in [3.63, 3.8) is 0 Å². The number of carbonyl (C=O) groups excluding carboxylic acids is 1. The van der Waals surface area contributed by atoms with Crippen molar-refractivity contribution in [1.82, 2.24) is 9.97 Å². The third-order valence-electron chi connectivity index (χ3n) is 6.70. The molecule has 1 spiro atoms. The van der Waals surface area contributed by atoms with Gasteiger partial charge in [-0.3, -0.25) is 9.78 Å². The minimum atomic E-state index is -1.89. The normalized spacial score (nSPS) is 17.0. The van der Waals surface area contributed by atoms with E-state index in [1.807, 2.05) is 53.4 Å². The number of hydrogen-bond donors (Lipinski definition) is 2. The van der Waals surface area contributed by atoms with Gasteiger partial charge in [0.05, 0.1) is 29.6 Å². The van der Waals surface area contributed by atoms with Crippen molar-refractivity contribution in [1.29, 1.82) is 0 Å². The number of hydrogen-bond acceptors (Lipinski definition) is 3. The zero-order valence-corrected chi connectivity index (χ0v) is 19.1. The highest BCUT2D eigenvalue weighted by atomic mass is 35.5. The minimum absolute atomic E-state index is 0.0881. The van der Waals surface area contributed by atoms with Gasteiger partial charge in [-0.1, -0.05) is 41.9 Å². The summed E-state index contributed by atoms with van der Waals surface area (Å²) in [7, 11) is 0. The van der Waals surface area contributed by atoms with Crippen molar-refractivity contribution >= 4 is 45.2 Å². The van der Waals surface area contributed by atoms with Crippen LogP contribution in [0.3, 0.4) is 0 Å². The largest absolute Gasteiger partial charge is 0.356 e. The summed E-state index contributed by atoms with van der Waals surface area (Å²) < 4.78 is 20.4. The molecule has 8 heteroatoms. The molecule has 1 aliphatic heterocycles. The second-order valence-electron chi connectivity index (χ2n) is 8.70. The van der Waals surface area contributed by atoms with Crippen LogP contribution in [-0.4, -0.2) is 24.6 Å². The molecule has 1 saturated carbocycles. The number of nitrogens with one attached hydrogen (secondary N) is 1. The van der Waals surface area contributed by atoms with Crippen molar-refractivity contribution in [2.45, 2.75) is 30.6 Å². The Morgan fingerprint density at radius 2 is 1.94 bits per heavy atom. The molecule has 0 bridgehead atoms. The Kier molecular flexibility index (Phi) is 4.69. The molecule has 166 valence electrons. The third kappa shape index (κ3) is 3.30. The second-order valence-corrected chi connectivity index (χ2v) is 10.1. The van der Waals surface area contributed by atoms with Crippen molar-refractivity contribution in [2.75, 3.05) is 4.90 Å². The number of pyridine rings is 1. The molecule has 0 radical (unpaired) electrons. The van der Waals surface area contributed by atoms with Gasteiger partial charge in [0, 0.05) is 33.4 Å². The Labute approximate surface area is 197 Å². The quantitative estimate of drug-likeness (QED) is 0.387. The standard InChI is InChI=1S/C25H20ClN3O3S/c26-17-5-6-18-20(11-17)28-21(23(18)16-3-1-15(2-4-16)14-33(31)32)13-29-22-12-27-10-7-19(22)25(8-9-25)24(29)30/h1-7,10-12,28H,8-9,13-14H2,(H,31,32). The summed E-state index contributed by atoms with van der Waals surface area (Å²) in [6.45, 7) is 0.392. The van der Waals surface area contributed by atoms with E-state index >= 15 is 0 Å². The summed E-state index contributed by atoms with van der Waals surface area (Å²) in [4.78, 5) is 23.0. The van der Waals surface area contributed by atoms with Crippen LogP contribution >= 0.6 is 11.6 Å². The van der Waals surface area contributed by atoms with Gasteiger partial charge in [-0.25, -0.2) is 4.21 Å². The van der Waals surface area contributed by atoms with Crippen LogP contribution in [0.2, 0.25) is 5.02 Å². The van der Waals surface area contributed by atoms with Crippen LogP contribution in [0.15, 0.2) is 60.9 Å². The second kappa shape index (κ2) is 7.52. The molecule has 1 unspecified atom stereocenters. The fraction of sp³-hybridized carbons (Fsp3) is 0.200.